The van der Waals surface area contributed by atoms with Crippen molar-refractivity contribution in [3.05, 3.63) is 0 Å². The lowest BCUT2D eigenvalue weighted by Crippen LogP contribution is -2.36. The first-order valence-electron chi connectivity index (χ1n) is 7.69. The molecule has 2 rings (SSSR count). The van der Waals surface area contributed by atoms with Crippen molar-refractivity contribution < 1.29 is 9.53 Å². The van der Waals surface area contributed by atoms with Gasteiger partial charge in [0.05, 0.1) is 5.75 Å². The summed E-state index contributed by atoms with van der Waals surface area (Å²) in [4.78, 5) is 16.5. The van der Waals surface area contributed by atoms with E-state index in [1.807, 2.05) is 6.26 Å². The van der Waals surface area contributed by atoms with Crippen molar-refractivity contribution in [1.82, 2.24) is 9.36 Å². The van der Waals surface area contributed by atoms with Crippen molar-refractivity contribution >= 4 is 41.0 Å². The monoisotopic (exact) mass is 360 g/mol. The zero-order chi connectivity index (χ0) is 16.1. The molecular formula is C15H24N2O2S3. The molecule has 1 heterocycles. The van der Waals surface area contributed by atoms with Crippen LogP contribution in [0.5, 0.6) is 0 Å². The van der Waals surface area contributed by atoms with Crippen LogP contribution in [0, 0.1) is 17.8 Å². The van der Waals surface area contributed by atoms with Crippen LogP contribution in [-0.4, -0.2) is 33.4 Å². The van der Waals surface area contributed by atoms with Gasteiger partial charge in [-0.3, -0.25) is 4.79 Å². The molecule has 0 radical (unpaired) electrons. The topological polar surface area (TPSA) is 52.1 Å². The Kier molecular flexibility index (Phi) is 7.02. The predicted molar refractivity (Wildman–Crippen MR) is 93.6 cm³/mol. The summed E-state index contributed by atoms with van der Waals surface area (Å²) in [5.41, 5.74) is 0. The van der Waals surface area contributed by atoms with Gasteiger partial charge in [0.15, 0.2) is 4.34 Å². The Morgan fingerprint density at radius 1 is 1.45 bits per heavy atom. The van der Waals surface area contributed by atoms with Gasteiger partial charge in [0.1, 0.15) is 6.10 Å². The summed E-state index contributed by atoms with van der Waals surface area (Å²) in [6.07, 6.45) is 5.43. The molecule has 1 saturated carbocycles. The normalized spacial score (nSPS) is 25.4. The summed E-state index contributed by atoms with van der Waals surface area (Å²) in [5, 5.41) is 0.766. The zero-order valence-corrected chi connectivity index (χ0v) is 16.0. The molecule has 124 valence electrons. The number of aromatic nitrogens is 2. The number of ether oxygens (including phenoxy) is 1. The SMILES string of the molecule is CSc1nsc(SCC(=O)O[C@@H]2C[C@@H](C)CC[C@H]2C(C)C)n1. The maximum absolute atomic E-state index is 12.1. The lowest BCUT2D eigenvalue weighted by Gasteiger charge is -2.36. The van der Waals surface area contributed by atoms with Crippen LogP contribution in [0.15, 0.2) is 9.50 Å². The molecule has 1 aromatic heterocycles. The highest BCUT2D eigenvalue weighted by Crippen LogP contribution is 2.35. The quantitative estimate of drug-likeness (QED) is 0.555. The Balaban J connectivity index is 1.84. The Labute approximate surface area is 145 Å². The van der Waals surface area contributed by atoms with E-state index >= 15 is 0 Å². The molecular weight excluding hydrogens is 336 g/mol. The van der Waals surface area contributed by atoms with E-state index in [9.17, 15) is 4.79 Å². The molecule has 1 aliphatic rings. The van der Waals surface area contributed by atoms with Crippen molar-refractivity contribution in [3.63, 3.8) is 0 Å². The molecule has 4 nitrogen and oxygen atoms in total. The molecule has 1 aromatic rings. The number of carbonyl (C=O) groups excluding carboxylic acids is 1. The van der Waals surface area contributed by atoms with Crippen molar-refractivity contribution in [1.29, 1.82) is 0 Å². The summed E-state index contributed by atoms with van der Waals surface area (Å²) in [6.45, 7) is 6.69. The first-order valence-corrected chi connectivity index (χ1v) is 10.7. The summed E-state index contributed by atoms with van der Waals surface area (Å²) < 4.78 is 10.8. The molecule has 0 bridgehead atoms. The first kappa shape index (κ1) is 18.1. The smallest absolute Gasteiger partial charge is 0.316 e. The fourth-order valence-electron chi connectivity index (χ4n) is 2.91. The summed E-state index contributed by atoms with van der Waals surface area (Å²) >= 11 is 4.28. The van der Waals surface area contributed by atoms with E-state index in [4.69, 9.17) is 4.74 Å². The average Bonchev–Trinajstić information content (AvgIpc) is 2.93. The van der Waals surface area contributed by atoms with Crippen molar-refractivity contribution in [2.45, 2.75) is 55.6 Å². The van der Waals surface area contributed by atoms with Gasteiger partial charge in [-0.2, -0.15) is 4.37 Å². The summed E-state index contributed by atoms with van der Waals surface area (Å²) in [6, 6.07) is 0. The van der Waals surface area contributed by atoms with Gasteiger partial charge in [-0.05, 0) is 48.4 Å². The zero-order valence-electron chi connectivity index (χ0n) is 13.6. The fourth-order valence-corrected chi connectivity index (χ4v) is 4.90. The van der Waals surface area contributed by atoms with Gasteiger partial charge in [-0.1, -0.05) is 50.7 Å². The molecule has 0 aromatic carbocycles. The maximum Gasteiger partial charge on any atom is 0.316 e. The van der Waals surface area contributed by atoms with E-state index in [1.165, 1.54) is 41.5 Å². The second-order valence-corrected chi connectivity index (χ2v) is 8.94. The second-order valence-electron chi connectivity index (χ2n) is 6.19. The average molecular weight is 361 g/mol. The van der Waals surface area contributed by atoms with Crippen LogP contribution in [0.1, 0.15) is 40.0 Å². The number of hydrogen-bond donors (Lipinski definition) is 0. The van der Waals surface area contributed by atoms with Gasteiger partial charge >= 0.3 is 5.97 Å². The van der Waals surface area contributed by atoms with Crippen LogP contribution in [0.3, 0.4) is 0 Å². The number of hydrogen-bond acceptors (Lipinski definition) is 7. The van der Waals surface area contributed by atoms with Gasteiger partial charge < -0.3 is 4.74 Å². The number of rotatable bonds is 6. The third-order valence-electron chi connectivity index (χ3n) is 4.13. The molecule has 1 fully saturated rings. The van der Waals surface area contributed by atoms with Crippen LogP contribution in [0.25, 0.3) is 0 Å². The lowest BCUT2D eigenvalue weighted by atomic mass is 9.75. The minimum Gasteiger partial charge on any atom is -0.461 e. The number of nitrogens with zero attached hydrogens (tertiary/aromatic N) is 2. The predicted octanol–water partition coefficient (Wildman–Crippen LogP) is 4.36. The van der Waals surface area contributed by atoms with Crippen LogP contribution in [0.2, 0.25) is 0 Å². The van der Waals surface area contributed by atoms with Crippen molar-refractivity contribution in [2.75, 3.05) is 12.0 Å². The van der Waals surface area contributed by atoms with Gasteiger partial charge in [0.2, 0.25) is 5.16 Å². The number of carbonyl (C=O) groups is 1. The number of thioether (sulfide) groups is 2. The van der Waals surface area contributed by atoms with E-state index in [0.29, 0.717) is 23.5 Å². The number of esters is 1. The molecule has 3 atom stereocenters. The van der Waals surface area contributed by atoms with Crippen LogP contribution in [0.4, 0.5) is 0 Å². The Hall–Kier alpha value is -0.270. The van der Waals surface area contributed by atoms with Crippen LogP contribution < -0.4 is 0 Å². The lowest BCUT2D eigenvalue weighted by molar-refractivity contribution is -0.152. The largest absolute Gasteiger partial charge is 0.461 e. The summed E-state index contributed by atoms with van der Waals surface area (Å²) in [7, 11) is 0. The standard InChI is InChI=1S/C15H24N2O2S3/c1-9(2)11-6-5-10(3)7-12(11)19-13(18)8-21-15-16-14(20-4)17-22-15/h9-12H,5-8H2,1-4H3/t10-,11-,12+/m0/s1. The highest BCUT2D eigenvalue weighted by atomic mass is 32.2. The van der Waals surface area contributed by atoms with E-state index in [1.54, 1.807) is 0 Å². The van der Waals surface area contributed by atoms with Gasteiger partial charge in [0.25, 0.3) is 0 Å². The van der Waals surface area contributed by atoms with E-state index in [0.717, 1.165) is 22.3 Å². The Morgan fingerprint density at radius 3 is 2.86 bits per heavy atom. The highest BCUT2D eigenvalue weighted by Gasteiger charge is 2.33. The second kappa shape index (κ2) is 8.55. The van der Waals surface area contributed by atoms with Crippen LogP contribution in [-0.2, 0) is 9.53 Å². The molecule has 7 heteroatoms. The Bertz CT molecular complexity index is 493. The minimum absolute atomic E-state index is 0.0769. The van der Waals surface area contributed by atoms with Gasteiger partial charge in [-0.25, -0.2) is 4.98 Å². The molecule has 0 saturated heterocycles. The van der Waals surface area contributed by atoms with Crippen molar-refractivity contribution in [3.8, 4) is 0 Å². The first-order chi connectivity index (χ1) is 10.5. The molecule has 0 unspecified atom stereocenters. The molecule has 0 aliphatic heterocycles. The van der Waals surface area contributed by atoms with E-state index < -0.39 is 0 Å². The highest BCUT2D eigenvalue weighted by molar-refractivity contribution is 8.01. The fraction of sp³-hybridized carbons (Fsp3) is 0.800. The molecule has 0 N–H and O–H groups in total. The van der Waals surface area contributed by atoms with Crippen molar-refractivity contribution in [2.24, 2.45) is 17.8 Å². The summed E-state index contributed by atoms with van der Waals surface area (Å²) in [5.74, 6) is 1.89. The Morgan fingerprint density at radius 2 is 2.23 bits per heavy atom. The minimum atomic E-state index is -0.129. The van der Waals surface area contributed by atoms with E-state index in [-0.39, 0.29) is 12.1 Å². The van der Waals surface area contributed by atoms with Gasteiger partial charge in [0, 0.05) is 0 Å². The molecule has 0 amide bonds. The van der Waals surface area contributed by atoms with E-state index in [2.05, 4.69) is 30.1 Å². The molecule has 22 heavy (non-hydrogen) atoms. The third kappa shape index (κ3) is 5.13. The van der Waals surface area contributed by atoms with Crippen LogP contribution >= 0.6 is 35.1 Å². The molecule has 1 aliphatic carbocycles. The third-order valence-corrected chi connectivity index (χ3v) is 6.60. The maximum atomic E-state index is 12.1. The molecule has 0 spiro atoms. The van der Waals surface area contributed by atoms with Gasteiger partial charge in [-0.15, -0.1) is 0 Å².